The SMILES string of the molecule is CC[C@@]1(OC(=O)[C@@H](NC(=O)[C@@H](C)NC(=O)[C@H](CC(C)C)NC(=O)CNC(=O)[C@H](CC(C)C)NC(=O)[C@@H]2CCCN2C(=S)Nc2ccc(O[C@H]3O[C@@H](C)[C@@H](O)[C@@H](OC)[C@@H]3O)cc2)C(C)C)C(=O)OCc2c1cc1n(c2=O)Cc2cc3ccccc3nc2-1. The van der Waals surface area contributed by atoms with Crippen LogP contribution < -0.4 is 42.2 Å². The highest BCUT2D eigenvalue weighted by atomic mass is 32.1. The summed E-state index contributed by atoms with van der Waals surface area (Å²) in [4.78, 5) is 118. The van der Waals surface area contributed by atoms with Crippen LogP contribution in [0.15, 0.2) is 65.5 Å². The number of benzene rings is 2. The first-order valence-corrected chi connectivity index (χ1v) is 29.7. The van der Waals surface area contributed by atoms with Crippen LogP contribution in [0.3, 0.4) is 0 Å². The molecule has 0 spiro atoms. The predicted molar refractivity (Wildman–Crippen MR) is 319 cm³/mol. The number of amides is 5. The van der Waals surface area contributed by atoms with Crippen molar-refractivity contribution in [2.24, 2.45) is 17.8 Å². The zero-order valence-electron chi connectivity index (χ0n) is 50.1. The molecule has 2 fully saturated rings. The topological polar surface area (TPSA) is 316 Å². The van der Waals surface area contributed by atoms with Crippen molar-refractivity contribution < 1.29 is 67.5 Å². The molecule has 86 heavy (non-hydrogen) atoms. The summed E-state index contributed by atoms with van der Waals surface area (Å²) in [6, 6.07) is 12.4. The number of nitrogens with one attached hydrogen (secondary N) is 6. The maximum atomic E-state index is 14.3. The number of hydrogen-bond donors (Lipinski definition) is 8. The number of para-hydroxylation sites is 1. The fraction of sp³-hybridized carbons (Fsp3) is 0.541. The number of aliphatic hydroxyl groups is 2. The number of hydrogen-bond acceptors (Lipinski definition) is 17. The third kappa shape index (κ3) is 14.1. The number of pyridine rings is 2. The molecule has 2 aromatic carbocycles. The average molecular weight is 1210 g/mol. The third-order valence-electron chi connectivity index (χ3n) is 16.0. The van der Waals surface area contributed by atoms with Gasteiger partial charge in [0.2, 0.25) is 41.4 Å². The molecule has 0 radical (unpaired) electrons. The van der Waals surface area contributed by atoms with Gasteiger partial charge in [-0.05, 0) is 118 Å². The number of esters is 2. The lowest BCUT2D eigenvalue weighted by molar-refractivity contribution is -0.272. The van der Waals surface area contributed by atoms with Crippen LogP contribution in [0.1, 0.15) is 111 Å². The minimum Gasteiger partial charge on any atom is -0.462 e. The number of carbonyl (C=O) groups excluding carboxylic acids is 7. The Morgan fingerprint density at radius 3 is 2.21 bits per heavy atom. The summed E-state index contributed by atoms with van der Waals surface area (Å²) in [5.74, 6) is -5.53. The Bertz CT molecular complexity index is 3280. The van der Waals surface area contributed by atoms with E-state index < -0.39 is 126 Å². The summed E-state index contributed by atoms with van der Waals surface area (Å²) >= 11 is 5.75. The highest BCUT2D eigenvalue weighted by molar-refractivity contribution is 7.80. The lowest BCUT2D eigenvalue weighted by Crippen LogP contribution is -2.59. The molecule has 4 aromatic rings. The lowest BCUT2D eigenvalue weighted by atomic mass is 9.85. The second-order valence-electron chi connectivity index (χ2n) is 23.6. The van der Waals surface area contributed by atoms with Crippen molar-refractivity contribution in [1.29, 1.82) is 0 Å². The molecule has 6 heterocycles. The largest absolute Gasteiger partial charge is 0.462 e. The minimum absolute atomic E-state index is 0.0494. The molecule has 464 valence electrons. The number of methoxy groups -OCH3 is 1. The maximum absolute atomic E-state index is 14.3. The van der Waals surface area contributed by atoms with E-state index in [2.05, 4.69) is 31.9 Å². The highest BCUT2D eigenvalue weighted by Gasteiger charge is 2.52. The van der Waals surface area contributed by atoms with Gasteiger partial charge in [0.25, 0.3) is 5.56 Å². The molecule has 0 aliphatic carbocycles. The van der Waals surface area contributed by atoms with E-state index in [9.17, 15) is 48.6 Å². The second-order valence-corrected chi connectivity index (χ2v) is 24.0. The van der Waals surface area contributed by atoms with E-state index in [0.717, 1.165) is 10.9 Å². The summed E-state index contributed by atoms with van der Waals surface area (Å²) in [5.41, 5.74) is 0.978. The molecular weight excluding hydrogens is 1130 g/mol. The number of aliphatic hydroxyl groups excluding tert-OH is 2. The zero-order chi connectivity index (χ0) is 62.5. The van der Waals surface area contributed by atoms with E-state index in [-0.39, 0.29) is 60.5 Å². The van der Waals surface area contributed by atoms with Gasteiger partial charge in [0.1, 0.15) is 60.9 Å². The molecule has 4 aliphatic heterocycles. The first-order chi connectivity index (χ1) is 40.8. The predicted octanol–water partition coefficient (Wildman–Crippen LogP) is 3.18. The van der Waals surface area contributed by atoms with Crippen LogP contribution in [0, 0.1) is 17.8 Å². The van der Waals surface area contributed by atoms with Gasteiger partial charge in [-0.15, -0.1) is 0 Å². The summed E-state index contributed by atoms with van der Waals surface area (Å²) in [7, 11) is 1.38. The van der Waals surface area contributed by atoms with Crippen LogP contribution in [-0.2, 0) is 71.3 Å². The van der Waals surface area contributed by atoms with Gasteiger partial charge in [-0.2, -0.15) is 0 Å². The Morgan fingerprint density at radius 1 is 0.860 bits per heavy atom. The lowest BCUT2D eigenvalue weighted by Gasteiger charge is -2.40. The van der Waals surface area contributed by atoms with Crippen LogP contribution in [0.5, 0.6) is 5.75 Å². The van der Waals surface area contributed by atoms with Crippen LogP contribution >= 0.6 is 12.2 Å². The van der Waals surface area contributed by atoms with Gasteiger partial charge in [0.15, 0.2) is 5.11 Å². The minimum atomic E-state index is -2.05. The molecule has 5 amide bonds. The van der Waals surface area contributed by atoms with Crippen LogP contribution in [0.4, 0.5) is 5.69 Å². The van der Waals surface area contributed by atoms with E-state index >= 15 is 0 Å². The van der Waals surface area contributed by atoms with E-state index in [0.29, 0.717) is 47.7 Å². The number of thiocarbonyl (C=S) groups is 1. The van der Waals surface area contributed by atoms with Gasteiger partial charge in [-0.1, -0.05) is 66.7 Å². The van der Waals surface area contributed by atoms with E-state index in [1.165, 1.54) is 14.0 Å². The van der Waals surface area contributed by atoms with Crippen LogP contribution in [-0.4, -0.2) is 152 Å². The standard InChI is InChI=1S/C61H79N9O15S/c1-11-61(40-26-45-48-36(25-35-15-12-13-16-41(35)66-48)28-70(45)56(78)39(40)29-82-59(61)80)85-57(79)47(32(6)7)68-52(74)33(8)63-54(76)43(24-31(4)5)65-46(71)27-62-53(75)42(23-30(2)3)67-55(77)44-17-14-22-69(44)60(86)64-37-18-20-38(21-19-37)84-58-50(73)51(81-10)49(72)34(9)83-58/h12-13,15-16,18-21,25-26,30-34,42-44,47,49-51,58,72-73H,11,14,17,22-24,27-29H2,1-10H3,(H,62,75)(H,63,76)(H,64,86)(H,65,71)(H,67,77)(H,68,74)/t33-,34+,42+,43+,44+,47+,49-,50+,51-,58-,61+/m1/s1. The Labute approximate surface area is 504 Å². The zero-order valence-corrected chi connectivity index (χ0v) is 50.9. The molecule has 4 aliphatic rings. The Hall–Kier alpha value is -7.58. The van der Waals surface area contributed by atoms with E-state index in [4.69, 9.17) is 40.9 Å². The van der Waals surface area contributed by atoms with Crippen molar-refractivity contribution in [2.75, 3.05) is 25.5 Å². The van der Waals surface area contributed by atoms with Crippen LogP contribution in [0.25, 0.3) is 22.3 Å². The quantitative estimate of drug-likeness (QED) is 0.0364. The molecule has 2 saturated heterocycles. The number of cyclic esters (lactones) is 1. The number of carbonyl (C=O) groups is 7. The summed E-state index contributed by atoms with van der Waals surface area (Å²) < 4.78 is 30.0. The van der Waals surface area contributed by atoms with Crippen molar-refractivity contribution in [3.05, 3.63) is 87.7 Å². The smallest absolute Gasteiger partial charge is 0.355 e. The average Bonchev–Trinajstić information content (AvgIpc) is 2.58. The molecule has 11 atom stereocenters. The van der Waals surface area contributed by atoms with E-state index in [1.807, 2.05) is 58.0 Å². The number of nitrogens with zero attached hydrogens (tertiary/aromatic N) is 3. The molecular formula is C61H79N9O15S. The van der Waals surface area contributed by atoms with Gasteiger partial charge in [0, 0.05) is 35.9 Å². The fourth-order valence-corrected chi connectivity index (χ4v) is 11.6. The Morgan fingerprint density at radius 2 is 1.55 bits per heavy atom. The number of anilines is 1. The normalized spacial score (nSPS) is 22.8. The number of fused-ring (bicyclic) bond motifs is 5. The van der Waals surface area contributed by atoms with Gasteiger partial charge in [-0.25, -0.2) is 14.6 Å². The molecule has 8 N–H and O–H groups in total. The van der Waals surface area contributed by atoms with Crippen molar-refractivity contribution in [3.63, 3.8) is 0 Å². The number of aromatic nitrogens is 2. The molecule has 0 bridgehead atoms. The van der Waals surface area contributed by atoms with E-state index in [1.54, 1.807) is 67.5 Å². The number of likely N-dealkylation sites (tertiary alicyclic amines) is 1. The number of rotatable bonds is 22. The maximum Gasteiger partial charge on any atom is 0.355 e. The second kappa shape index (κ2) is 27.4. The van der Waals surface area contributed by atoms with Gasteiger partial charge >= 0.3 is 11.9 Å². The van der Waals surface area contributed by atoms with Gasteiger partial charge in [0.05, 0.1) is 41.7 Å². The molecule has 0 saturated carbocycles. The summed E-state index contributed by atoms with van der Waals surface area (Å²) in [5, 5.41) is 38.7. The molecule has 0 unspecified atom stereocenters. The Kier molecular flexibility index (Phi) is 20.5. The van der Waals surface area contributed by atoms with Crippen molar-refractivity contribution in [2.45, 2.75) is 174 Å². The third-order valence-corrected chi connectivity index (χ3v) is 16.3. The van der Waals surface area contributed by atoms with Crippen molar-refractivity contribution in [3.8, 4) is 17.1 Å². The summed E-state index contributed by atoms with van der Waals surface area (Å²) in [6.45, 7) is 15.3. The summed E-state index contributed by atoms with van der Waals surface area (Å²) in [6.07, 6.45) is -3.58. The molecule has 8 rings (SSSR count). The van der Waals surface area contributed by atoms with Gasteiger partial charge < -0.3 is 75.3 Å². The van der Waals surface area contributed by atoms with Crippen molar-refractivity contribution in [1.82, 2.24) is 41.0 Å². The first-order valence-electron chi connectivity index (χ1n) is 29.3. The van der Waals surface area contributed by atoms with Gasteiger partial charge in [-0.3, -0.25) is 28.8 Å². The molecule has 2 aromatic heterocycles. The monoisotopic (exact) mass is 1210 g/mol. The number of ether oxygens (including phenoxy) is 5. The molecule has 25 heteroatoms. The fourth-order valence-electron chi connectivity index (χ4n) is 11.3. The van der Waals surface area contributed by atoms with Crippen LogP contribution in [0.2, 0.25) is 0 Å². The van der Waals surface area contributed by atoms with Crippen molar-refractivity contribution >= 4 is 75.4 Å². The highest BCUT2D eigenvalue weighted by Crippen LogP contribution is 2.41. The Balaban J connectivity index is 0.846. The first kappa shape index (κ1) is 64.4. The molecule has 24 nitrogen and oxygen atoms in total.